The van der Waals surface area contributed by atoms with Crippen LogP contribution in [0.2, 0.25) is 0 Å². The first kappa shape index (κ1) is 24.6. The van der Waals surface area contributed by atoms with Crippen molar-refractivity contribution in [1.29, 1.82) is 0 Å². The molecular weight excluding hydrogens is 466 g/mol. The van der Waals surface area contributed by atoms with Crippen LogP contribution in [0.4, 0.5) is 0 Å². The summed E-state index contributed by atoms with van der Waals surface area (Å²) in [4.78, 5) is 25.6. The van der Waals surface area contributed by atoms with Crippen LogP contribution in [0, 0.1) is 12.8 Å². The predicted molar refractivity (Wildman–Crippen MR) is 144 cm³/mol. The van der Waals surface area contributed by atoms with E-state index in [0.29, 0.717) is 34.1 Å². The zero-order valence-corrected chi connectivity index (χ0v) is 21.2. The summed E-state index contributed by atoms with van der Waals surface area (Å²) in [6, 6.07) is 22.8. The second-order valence-electron chi connectivity index (χ2n) is 9.69. The molecular formula is C31H31NO5. The van der Waals surface area contributed by atoms with Crippen molar-refractivity contribution in [1.82, 2.24) is 5.32 Å². The quantitative estimate of drug-likeness (QED) is 0.310. The van der Waals surface area contributed by atoms with Crippen LogP contribution in [-0.2, 0) is 4.79 Å². The topological polar surface area (TPSA) is 77.8 Å². The van der Waals surface area contributed by atoms with Crippen molar-refractivity contribution >= 4 is 16.9 Å². The van der Waals surface area contributed by atoms with Gasteiger partial charge >= 0.3 is 0 Å². The van der Waals surface area contributed by atoms with E-state index in [9.17, 15) is 9.59 Å². The van der Waals surface area contributed by atoms with Gasteiger partial charge in [0, 0.05) is 12.1 Å². The van der Waals surface area contributed by atoms with E-state index in [2.05, 4.69) is 12.2 Å². The third-order valence-electron chi connectivity index (χ3n) is 7.00. The Kier molecular flexibility index (Phi) is 7.26. The molecule has 1 saturated carbocycles. The highest BCUT2D eigenvalue weighted by Crippen LogP contribution is 2.29. The molecule has 3 aromatic carbocycles. The second kappa shape index (κ2) is 10.9. The summed E-state index contributed by atoms with van der Waals surface area (Å²) in [6.45, 7) is 3.79. The molecule has 6 heteroatoms. The molecule has 6 nitrogen and oxygen atoms in total. The minimum absolute atomic E-state index is 0.0852. The van der Waals surface area contributed by atoms with Gasteiger partial charge in [0.15, 0.2) is 6.61 Å². The zero-order valence-electron chi connectivity index (χ0n) is 21.2. The fourth-order valence-electron chi connectivity index (χ4n) is 4.87. The monoisotopic (exact) mass is 497 g/mol. The Morgan fingerprint density at radius 2 is 1.65 bits per heavy atom. The number of carbonyl (C=O) groups excluding carboxylic acids is 1. The molecule has 1 amide bonds. The number of nitrogens with one attached hydrogen (secondary N) is 1. The molecule has 0 saturated heterocycles. The average Bonchev–Trinajstić information content (AvgIpc) is 2.92. The minimum atomic E-state index is -0.263. The number of aryl methyl sites for hydroxylation is 1. The van der Waals surface area contributed by atoms with Crippen LogP contribution in [-0.4, -0.2) is 18.6 Å². The first-order chi connectivity index (χ1) is 18.0. The lowest BCUT2D eigenvalue weighted by Gasteiger charge is -2.29. The van der Waals surface area contributed by atoms with Crippen LogP contribution in [0.3, 0.4) is 0 Å². The van der Waals surface area contributed by atoms with Gasteiger partial charge in [0.05, 0.1) is 5.39 Å². The fraction of sp³-hybridized carbons (Fsp3) is 0.290. The maximum absolute atomic E-state index is 13.2. The van der Waals surface area contributed by atoms with E-state index in [1.165, 1.54) is 6.42 Å². The van der Waals surface area contributed by atoms with Crippen molar-refractivity contribution in [3.8, 4) is 28.4 Å². The van der Waals surface area contributed by atoms with Gasteiger partial charge in [-0.25, -0.2) is 0 Å². The molecule has 37 heavy (non-hydrogen) atoms. The number of benzene rings is 3. The van der Waals surface area contributed by atoms with E-state index in [4.69, 9.17) is 13.9 Å². The van der Waals surface area contributed by atoms with E-state index >= 15 is 0 Å². The molecule has 0 spiro atoms. The number of rotatable bonds is 7. The summed E-state index contributed by atoms with van der Waals surface area (Å²) < 4.78 is 17.6. The molecule has 0 radical (unpaired) electrons. The molecule has 5 rings (SSSR count). The van der Waals surface area contributed by atoms with Crippen molar-refractivity contribution in [2.45, 2.75) is 45.6 Å². The third-order valence-corrected chi connectivity index (χ3v) is 7.00. The van der Waals surface area contributed by atoms with Crippen molar-refractivity contribution in [3.05, 3.63) is 88.8 Å². The van der Waals surface area contributed by atoms with Gasteiger partial charge in [-0.1, -0.05) is 62.2 Å². The molecule has 1 heterocycles. The lowest BCUT2D eigenvalue weighted by Crippen LogP contribution is -2.43. The second-order valence-corrected chi connectivity index (χ2v) is 9.69. The van der Waals surface area contributed by atoms with E-state index in [-0.39, 0.29) is 29.7 Å². The number of amides is 1. The van der Waals surface area contributed by atoms with Crippen molar-refractivity contribution in [2.24, 2.45) is 5.92 Å². The van der Waals surface area contributed by atoms with E-state index in [1.54, 1.807) is 25.1 Å². The van der Waals surface area contributed by atoms with Crippen molar-refractivity contribution in [3.63, 3.8) is 0 Å². The SMILES string of the molecule is Cc1oc2cc(OCC(=O)N[C@H]3CCCC[C@H]3C)ccc2c(=O)c1Oc1ccc(-c2ccccc2)cc1. The molecule has 1 fully saturated rings. The van der Waals surface area contributed by atoms with Gasteiger partial charge in [0.25, 0.3) is 5.91 Å². The highest BCUT2D eigenvalue weighted by atomic mass is 16.5. The molecule has 0 aliphatic heterocycles. The Balaban J connectivity index is 1.27. The molecule has 1 aliphatic carbocycles. The molecule has 190 valence electrons. The first-order valence-corrected chi connectivity index (χ1v) is 12.8. The van der Waals surface area contributed by atoms with Gasteiger partial charge < -0.3 is 19.2 Å². The Bertz CT molecular complexity index is 1440. The van der Waals surface area contributed by atoms with Crippen LogP contribution in [0.1, 0.15) is 38.4 Å². The van der Waals surface area contributed by atoms with Crippen LogP contribution in [0.25, 0.3) is 22.1 Å². The lowest BCUT2D eigenvalue weighted by molar-refractivity contribution is -0.124. The summed E-state index contributed by atoms with van der Waals surface area (Å²) in [7, 11) is 0. The average molecular weight is 498 g/mol. The van der Waals surface area contributed by atoms with Crippen molar-refractivity contribution < 1.29 is 18.7 Å². The fourth-order valence-corrected chi connectivity index (χ4v) is 4.87. The van der Waals surface area contributed by atoms with Crippen molar-refractivity contribution in [2.75, 3.05) is 6.61 Å². The van der Waals surface area contributed by atoms with Gasteiger partial charge in [0.2, 0.25) is 11.2 Å². The summed E-state index contributed by atoms with van der Waals surface area (Å²) in [5.74, 6) is 1.87. The molecule has 2 atom stereocenters. The van der Waals surface area contributed by atoms with Crippen LogP contribution < -0.4 is 20.2 Å². The Hall–Kier alpha value is -4.06. The van der Waals surface area contributed by atoms with Crippen LogP contribution in [0.5, 0.6) is 17.2 Å². The van der Waals surface area contributed by atoms with E-state index < -0.39 is 0 Å². The first-order valence-electron chi connectivity index (χ1n) is 12.8. The van der Waals surface area contributed by atoms with Crippen LogP contribution in [0.15, 0.2) is 82.0 Å². The number of hydrogen-bond acceptors (Lipinski definition) is 5. The summed E-state index contributed by atoms with van der Waals surface area (Å²) in [6.07, 6.45) is 4.51. The number of fused-ring (bicyclic) bond motifs is 1. The third kappa shape index (κ3) is 5.69. The summed E-state index contributed by atoms with van der Waals surface area (Å²) in [5, 5.41) is 3.47. The standard InChI is InChI=1S/C31H31NO5/c1-20-8-6-7-11-27(20)32-29(33)19-35-25-16-17-26-28(18-25)36-21(2)31(30(26)34)37-24-14-12-23(13-15-24)22-9-4-3-5-10-22/h3-5,9-10,12-18,20,27H,6-8,11,19H2,1-2H3,(H,32,33)/t20-,27+/m1/s1. The van der Waals surface area contributed by atoms with E-state index in [0.717, 1.165) is 30.4 Å². The highest BCUT2D eigenvalue weighted by molar-refractivity contribution is 5.80. The summed E-state index contributed by atoms with van der Waals surface area (Å²) in [5.41, 5.74) is 2.29. The predicted octanol–water partition coefficient (Wildman–Crippen LogP) is 6.63. The molecule has 1 N–H and O–H groups in total. The van der Waals surface area contributed by atoms with Gasteiger partial charge in [-0.2, -0.15) is 0 Å². The zero-order chi connectivity index (χ0) is 25.8. The van der Waals surface area contributed by atoms with E-state index in [1.807, 2.05) is 54.6 Å². The van der Waals surface area contributed by atoms with Crippen LogP contribution >= 0.6 is 0 Å². The minimum Gasteiger partial charge on any atom is -0.484 e. The largest absolute Gasteiger partial charge is 0.484 e. The molecule has 1 aliphatic rings. The maximum atomic E-state index is 13.2. The number of carbonyl (C=O) groups is 1. The normalized spacial score (nSPS) is 17.4. The highest BCUT2D eigenvalue weighted by Gasteiger charge is 2.23. The molecule has 0 bridgehead atoms. The van der Waals surface area contributed by atoms with Gasteiger partial charge in [-0.3, -0.25) is 9.59 Å². The van der Waals surface area contributed by atoms with Gasteiger partial charge in [-0.15, -0.1) is 0 Å². The van der Waals surface area contributed by atoms with Gasteiger partial charge in [-0.05, 0) is 61.1 Å². The smallest absolute Gasteiger partial charge is 0.258 e. The Morgan fingerprint density at radius 1 is 0.946 bits per heavy atom. The maximum Gasteiger partial charge on any atom is 0.258 e. The molecule has 4 aromatic rings. The number of hydrogen-bond donors (Lipinski definition) is 1. The van der Waals surface area contributed by atoms with Gasteiger partial charge in [0.1, 0.15) is 22.8 Å². The molecule has 1 aromatic heterocycles. The number of ether oxygens (including phenoxy) is 2. The molecule has 0 unspecified atom stereocenters. The Morgan fingerprint density at radius 3 is 2.41 bits per heavy atom. The summed E-state index contributed by atoms with van der Waals surface area (Å²) >= 11 is 0. The Labute approximate surface area is 216 Å². The lowest BCUT2D eigenvalue weighted by atomic mass is 9.86.